The average molecular weight is 404 g/mol. The minimum Gasteiger partial charge on any atom is -0.467 e. The second-order valence-corrected chi connectivity index (χ2v) is 6.00. The van der Waals surface area contributed by atoms with Crippen molar-refractivity contribution < 1.29 is 14.2 Å². The van der Waals surface area contributed by atoms with E-state index < -0.39 is 0 Å². The Hall–Kier alpha value is -4.34. The molecule has 0 unspecified atom stereocenters. The van der Waals surface area contributed by atoms with Gasteiger partial charge in [0.1, 0.15) is 11.5 Å². The third-order valence-corrected chi connectivity index (χ3v) is 3.90. The number of hydrogen-bond acceptors (Lipinski definition) is 9. The molecule has 10 heteroatoms. The molecule has 0 aliphatic carbocycles. The lowest BCUT2D eigenvalue weighted by molar-refractivity contribution is 0.379. The van der Waals surface area contributed by atoms with Crippen molar-refractivity contribution in [3.05, 3.63) is 82.8 Å². The highest BCUT2D eigenvalue weighted by molar-refractivity contribution is 5.34. The first-order chi connectivity index (χ1) is 14.7. The van der Waals surface area contributed by atoms with Crippen molar-refractivity contribution in [3.63, 3.8) is 0 Å². The normalized spacial score (nSPS) is 10.4. The highest BCUT2D eigenvalue weighted by Crippen LogP contribution is 2.23. The van der Waals surface area contributed by atoms with Crippen molar-refractivity contribution in [3.8, 4) is 29.5 Å². The van der Waals surface area contributed by atoms with E-state index in [1.807, 2.05) is 0 Å². The van der Waals surface area contributed by atoms with Crippen LogP contribution in [0.15, 0.2) is 66.1 Å². The summed E-state index contributed by atoms with van der Waals surface area (Å²) < 4.78 is 16.0. The van der Waals surface area contributed by atoms with Gasteiger partial charge in [0.05, 0.1) is 7.11 Å². The maximum Gasteiger partial charge on any atom is 0.321 e. The summed E-state index contributed by atoms with van der Waals surface area (Å²) in [6.45, 7) is 0. The van der Waals surface area contributed by atoms with Gasteiger partial charge in [-0.15, -0.1) is 0 Å². The van der Waals surface area contributed by atoms with E-state index in [0.717, 1.165) is 5.56 Å². The first kappa shape index (κ1) is 19.0. The lowest BCUT2D eigenvalue weighted by atomic mass is 10.1. The molecule has 4 aromatic rings. The Kier molecular flexibility index (Phi) is 5.56. The molecule has 10 nitrogen and oxygen atoms in total. The monoisotopic (exact) mass is 404 g/mol. The molecule has 0 saturated carbocycles. The number of ether oxygens (including phenoxy) is 3. The molecule has 3 heterocycles. The van der Waals surface area contributed by atoms with Crippen LogP contribution in [0.3, 0.4) is 0 Å². The molecule has 150 valence electrons. The number of aromatic amines is 1. The SMILES string of the molecule is COc1ncc(Cc2cnc(Oc3ccc(Oc4ncccn4)cc3)[nH]c2=O)cn1. The molecule has 0 bridgehead atoms. The van der Waals surface area contributed by atoms with Crippen LogP contribution >= 0.6 is 0 Å². The van der Waals surface area contributed by atoms with Gasteiger partial charge < -0.3 is 14.2 Å². The predicted molar refractivity (Wildman–Crippen MR) is 105 cm³/mol. The first-order valence-corrected chi connectivity index (χ1v) is 8.85. The van der Waals surface area contributed by atoms with Crippen molar-refractivity contribution in [2.45, 2.75) is 6.42 Å². The predicted octanol–water partition coefficient (Wildman–Crippen LogP) is 2.53. The molecule has 0 atom stereocenters. The van der Waals surface area contributed by atoms with Gasteiger partial charge in [-0.05, 0) is 35.9 Å². The van der Waals surface area contributed by atoms with Crippen molar-refractivity contribution in [2.75, 3.05) is 7.11 Å². The fourth-order valence-electron chi connectivity index (χ4n) is 2.47. The van der Waals surface area contributed by atoms with Crippen LogP contribution in [0, 0.1) is 0 Å². The summed E-state index contributed by atoms with van der Waals surface area (Å²) in [7, 11) is 1.49. The van der Waals surface area contributed by atoms with Crippen LogP contribution < -0.4 is 19.8 Å². The molecule has 1 aromatic carbocycles. The number of hydrogen-bond donors (Lipinski definition) is 1. The summed E-state index contributed by atoms with van der Waals surface area (Å²) in [5.41, 5.74) is 0.912. The van der Waals surface area contributed by atoms with Crippen molar-refractivity contribution in [2.24, 2.45) is 0 Å². The van der Waals surface area contributed by atoms with E-state index in [2.05, 4.69) is 29.9 Å². The maximum atomic E-state index is 12.3. The molecule has 0 radical (unpaired) electrons. The Labute approximate surface area is 170 Å². The number of benzene rings is 1. The molecule has 1 N–H and O–H groups in total. The zero-order valence-electron chi connectivity index (χ0n) is 15.8. The Morgan fingerprint density at radius 3 is 2.13 bits per heavy atom. The number of H-pyrrole nitrogens is 1. The number of aromatic nitrogens is 6. The van der Waals surface area contributed by atoms with Crippen LogP contribution in [-0.4, -0.2) is 37.0 Å². The molecule has 0 spiro atoms. The Morgan fingerprint density at radius 2 is 1.50 bits per heavy atom. The van der Waals surface area contributed by atoms with Gasteiger partial charge in [-0.1, -0.05) is 0 Å². The van der Waals surface area contributed by atoms with E-state index in [-0.39, 0.29) is 23.6 Å². The first-order valence-electron chi connectivity index (χ1n) is 8.85. The number of nitrogens with one attached hydrogen (secondary N) is 1. The van der Waals surface area contributed by atoms with Crippen LogP contribution in [0.5, 0.6) is 29.5 Å². The van der Waals surface area contributed by atoms with Gasteiger partial charge in [-0.25, -0.2) is 24.9 Å². The van der Waals surface area contributed by atoms with E-state index in [1.165, 1.54) is 13.3 Å². The van der Waals surface area contributed by atoms with Gasteiger partial charge in [0.15, 0.2) is 0 Å². The lowest BCUT2D eigenvalue weighted by Crippen LogP contribution is -2.14. The third-order valence-electron chi connectivity index (χ3n) is 3.90. The minimum atomic E-state index is -0.308. The van der Waals surface area contributed by atoms with Crippen LogP contribution in [0.1, 0.15) is 11.1 Å². The fraction of sp³-hybridized carbons (Fsp3) is 0.100. The summed E-state index contributed by atoms with van der Waals surface area (Å²) >= 11 is 0. The van der Waals surface area contributed by atoms with E-state index in [9.17, 15) is 4.79 Å². The molecule has 30 heavy (non-hydrogen) atoms. The molecule has 0 aliphatic heterocycles. The quantitative estimate of drug-likeness (QED) is 0.494. The molecular weight excluding hydrogens is 388 g/mol. The smallest absolute Gasteiger partial charge is 0.321 e. The van der Waals surface area contributed by atoms with E-state index in [0.29, 0.717) is 23.5 Å². The summed E-state index contributed by atoms with van der Waals surface area (Å²) in [4.78, 5) is 35.1. The molecule has 0 saturated heterocycles. The third kappa shape index (κ3) is 4.73. The van der Waals surface area contributed by atoms with Crippen LogP contribution in [0.2, 0.25) is 0 Å². The highest BCUT2D eigenvalue weighted by Gasteiger charge is 2.08. The average Bonchev–Trinajstić information content (AvgIpc) is 2.78. The topological polar surface area (TPSA) is 125 Å². The van der Waals surface area contributed by atoms with Gasteiger partial charge in [-0.2, -0.15) is 0 Å². The van der Waals surface area contributed by atoms with Crippen molar-refractivity contribution in [1.82, 2.24) is 29.9 Å². The van der Waals surface area contributed by atoms with E-state index in [1.54, 1.807) is 55.1 Å². The second kappa shape index (κ2) is 8.78. The maximum absolute atomic E-state index is 12.3. The summed E-state index contributed by atoms with van der Waals surface area (Å²) in [5, 5.41) is 0. The molecule has 0 aliphatic rings. The summed E-state index contributed by atoms with van der Waals surface area (Å²) in [5.74, 6) is 1.03. The van der Waals surface area contributed by atoms with Gasteiger partial charge in [0.2, 0.25) is 0 Å². The Morgan fingerprint density at radius 1 is 0.833 bits per heavy atom. The lowest BCUT2D eigenvalue weighted by Gasteiger charge is -2.07. The number of rotatable bonds is 7. The molecule has 3 aromatic heterocycles. The summed E-state index contributed by atoms with van der Waals surface area (Å²) in [6.07, 6.45) is 8.17. The van der Waals surface area contributed by atoms with Crippen LogP contribution in [0.25, 0.3) is 0 Å². The number of methoxy groups -OCH3 is 1. The Balaban J connectivity index is 1.41. The van der Waals surface area contributed by atoms with Gasteiger partial charge in [-0.3, -0.25) is 9.78 Å². The highest BCUT2D eigenvalue weighted by atomic mass is 16.5. The largest absolute Gasteiger partial charge is 0.467 e. The minimum absolute atomic E-state index is 0.0785. The standard InChI is InChI=1S/C20H16N6O4/c1-28-18-23-10-13(11-24-18)9-14-12-25-20(26-17(14)27)30-16-5-3-15(4-6-16)29-19-21-7-2-8-22-19/h2-8,10-12H,9H2,1H3,(H,25,26,27). The van der Waals surface area contributed by atoms with Gasteiger partial charge in [0, 0.05) is 43.0 Å². The van der Waals surface area contributed by atoms with E-state index in [4.69, 9.17) is 14.2 Å². The Bertz CT molecular complexity index is 1160. The second-order valence-electron chi connectivity index (χ2n) is 6.00. The van der Waals surface area contributed by atoms with Gasteiger partial charge >= 0.3 is 18.0 Å². The van der Waals surface area contributed by atoms with Crippen LogP contribution in [0.4, 0.5) is 0 Å². The fourth-order valence-corrected chi connectivity index (χ4v) is 2.47. The molecule has 4 rings (SSSR count). The zero-order valence-corrected chi connectivity index (χ0v) is 15.8. The molecule has 0 amide bonds. The van der Waals surface area contributed by atoms with Crippen molar-refractivity contribution >= 4 is 0 Å². The molecular formula is C20H16N6O4. The van der Waals surface area contributed by atoms with Crippen LogP contribution in [-0.2, 0) is 6.42 Å². The summed E-state index contributed by atoms with van der Waals surface area (Å²) in [6, 6.07) is 9.05. The van der Waals surface area contributed by atoms with Gasteiger partial charge in [0.25, 0.3) is 5.56 Å². The zero-order chi connectivity index (χ0) is 20.8. The molecule has 0 fully saturated rings. The number of nitrogens with zero attached hydrogens (tertiary/aromatic N) is 5. The van der Waals surface area contributed by atoms with Crippen molar-refractivity contribution in [1.29, 1.82) is 0 Å². The van der Waals surface area contributed by atoms with E-state index >= 15 is 0 Å².